The highest BCUT2D eigenvalue weighted by Crippen LogP contribution is 2.26. The van der Waals surface area contributed by atoms with Gasteiger partial charge in [-0.2, -0.15) is 5.10 Å². The first-order valence-corrected chi connectivity index (χ1v) is 8.37. The van der Waals surface area contributed by atoms with Crippen molar-refractivity contribution in [3.05, 3.63) is 17.0 Å². The average molecular weight is 310 g/mol. The van der Waals surface area contributed by atoms with E-state index in [1.54, 1.807) is 0 Å². The maximum absolute atomic E-state index is 5.38. The van der Waals surface area contributed by atoms with Gasteiger partial charge in [-0.3, -0.25) is 4.68 Å². The molecule has 0 aliphatic carbocycles. The molecule has 1 aromatic rings. The van der Waals surface area contributed by atoms with Crippen LogP contribution in [0.25, 0.3) is 0 Å². The Hall–Kier alpha value is 0.330. The largest absolute Gasteiger partial charge is 0.345 e. The summed E-state index contributed by atoms with van der Waals surface area (Å²) < 4.78 is 7.51. The van der Waals surface area contributed by atoms with Crippen LogP contribution < -0.4 is 0 Å². The molecule has 3 nitrogen and oxygen atoms in total. The molecule has 1 aliphatic heterocycles. The van der Waals surface area contributed by atoms with Crippen LogP contribution in [-0.4, -0.2) is 9.78 Å². The van der Waals surface area contributed by atoms with E-state index in [0.29, 0.717) is 13.1 Å². The Balaban J connectivity index is 2.18. The summed E-state index contributed by atoms with van der Waals surface area (Å²) in [4.78, 5) is 0. The summed E-state index contributed by atoms with van der Waals surface area (Å²) in [6, 6.07) is 0. The summed E-state index contributed by atoms with van der Waals surface area (Å²) in [5, 5.41) is 4.52. The third-order valence-corrected chi connectivity index (χ3v) is 3.65. The van der Waals surface area contributed by atoms with Gasteiger partial charge in [0, 0.05) is 12.2 Å². The van der Waals surface area contributed by atoms with Crippen LogP contribution in [0.3, 0.4) is 0 Å². The molecule has 13 heavy (non-hydrogen) atoms. The topological polar surface area (TPSA) is 27.1 Å². The Morgan fingerprint density at radius 3 is 3.23 bits per heavy atom. The fourth-order valence-corrected chi connectivity index (χ4v) is 2.43. The number of aromatic nitrogens is 2. The van der Waals surface area contributed by atoms with E-state index in [1.807, 2.05) is 0 Å². The van der Waals surface area contributed by atoms with Gasteiger partial charge in [0.1, 0.15) is 0 Å². The van der Waals surface area contributed by atoms with Gasteiger partial charge in [-0.1, -0.05) is 0 Å². The smallest absolute Gasteiger partial charge is 0.0958 e. The van der Waals surface area contributed by atoms with Crippen LogP contribution in [-0.2, 0) is 24.1 Å². The molecule has 1 aliphatic rings. The molecule has 5 heteroatoms. The number of halogens is 1. The van der Waals surface area contributed by atoms with Crippen LogP contribution in [0.1, 0.15) is 23.4 Å². The highest BCUT2D eigenvalue weighted by atomic mass is 127. The van der Waals surface area contributed by atoms with Crippen molar-refractivity contribution in [1.82, 2.24) is 9.78 Å². The number of hydrogen-bond donors (Lipinski definition) is 0. The molecule has 0 amide bonds. The summed E-state index contributed by atoms with van der Waals surface area (Å²) in [7, 11) is 0. The minimum absolute atomic E-state index is 0.525. The molecule has 0 spiro atoms. The van der Waals surface area contributed by atoms with Crippen LogP contribution in [0.5, 0.6) is 0 Å². The minimum Gasteiger partial charge on any atom is -0.345 e. The van der Waals surface area contributed by atoms with Gasteiger partial charge in [0.15, 0.2) is 0 Å². The average Bonchev–Trinajstić information content (AvgIpc) is 2.67. The molecule has 0 N–H and O–H groups in total. The Labute approximate surface area is 92.6 Å². The molecule has 72 valence electrons. The number of fused-ring (bicyclic) bond motifs is 1. The molecule has 0 radical (unpaired) electrons. The lowest BCUT2D eigenvalue weighted by molar-refractivity contribution is 0.350. The number of hydrogen-bond acceptors (Lipinski definition) is 2. The Bertz CT molecular complexity index is 313. The lowest BCUT2D eigenvalue weighted by Crippen LogP contribution is -1.95. The number of rotatable bonds is 3. The van der Waals surface area contributed by atoms with Gasteiger partial charge >= 0.3 is 0 Å². The molecule has 1 atom stereocenters. The summed E-state index contributed by atoms with van der Waals surface area (Å²) >= 11 is 2.24. The summed E-state index contributed by atoms with van der Waals surface area (Å²) in [6.45, 7) is 4.44. The van der Waals surface area contributed by atoms with Crippen molar-refractivity contribution in [3.63, 3.8) is 0 Å². The van der Waals surface area contributed by atoms with Gasteiger partial charge in [0.2, 0.25) is 0 Å². The number of aryl methyl sites for hydroxylation is 1. The summed E-state index contributed by atoms with van der Waals surface area (Å²) in [5.41, 5.74) is 3.88. The first-order chi connectivity index (χ1) is 6.33. The van der Waals surface area contributed by atoms with Crippen molar-refractivity contribution in [1.29, 1.82) is 0 Å². The molecule has 0 bridgehead atoms. The van der Waals surface area contributed by atoms with E-state index in [2.05, 4.69) is 38.7 Å². The van der Waals surface area contributed by atoms with Crippen LogP contribution in [0.2, 0.25) is 0 Å². The molecule has 1 aromatic heterocycles. The lowest BCUT2D eigenvalue weighted by Gasteiger charge is -1.97. The van der Waals surface area contributed by atoms with Crippen LogP contribution >= 0.6 is 28.5 Å². The van der Waals surface area contributed by atoms with Crippen LogP contribution in [0, 0.1) is 6.92 Å². The lowest BCUT2D eigenvalue weighted by atomic mass is 10.1. The van der Waals surface area contributed by atoms with E-state index in [-0.39, 0.29) is 0 Å². The van der Waals surface area contributed by atoms with Crippen molar-refractivity contribution < 1.29 is 4.52 Å². The second-order valence-corrected chi connectivity index (χ2v) is 4.98. The second kappa shape index (κ2) is 4.24. The molecule has 2 heterocycles. The van der Waals surface area contributed by atoms with Crippen molar-refractivity contribution in [2.75, 3.05) is 0 Å². The Morgan fingerprint density at radius 1 is 1.69 bits per heavy atom. The standard InChI is InChI=1S/C8H12IN2OP/c1-6-7(5-12-13-9)10-11-4-2-3-8(6)11/h13H,2-5H2,1H3. The van der Waals surface area contributed by atoms with Gasteiger partial charge in [-0.15, -0.1) is 0 Å². The maximum atomic E-state index is 5.38. The first-order valence-electron chi connectivity index (χ1n) is 4.35. The Kier molecular flexibility index (Phi) is 3.22. The molecule has 0 saturated carbocycles. The summed E-state index contributed by atoms with van der Waals surface area (Å²) in [6.07, 6.45) is 2.43. The van der Waals surface area contributed by atoms with Crippen molar-refractivity contribution >= 4 is 28.5 Å². The molecule has 2 rings (SSSR count). The van der Waals surface area contributed by atoms with E-state index in [1.165, 1.54) is 24.1 Å². The monoisotopic (exact) mass is 310 g/mol. The van der Waals surface area contributed by atoms with E-state index in [4.69, 9.17) is 4.52 Å². The van der Waals surface area contributed by atoms with Crippen molar-refractivity contribution in [2.45, 2.75) is 32.9 Å². The summed E-state index contributed by atoms with van der Waals surface area (Å²) in [5.74, 6) is 0. The van der Waals surface area contributed by atoms with E-state index in [0.717, 1.165) is 12.2 Å². The highest BCUT2D eigenvalue weighted by Gasteiger charge is 2.18. The zero-order valence-corrected chi connectivity index (χ0v) is 10.7. The number of nitrogens with zero attached hydrogens (tertiary/aromatic N) is 2. The first kappa shape index (κ1) is 9.87. The van der Waals surface area contributed by atoms with Gasteiger partial charge in [0.05, 0.1) is 18.8 Å². The third kappa shape index (κ3) is 1.90. The van der Waals surface area contributed by atoms with Gasteiger partial charge in [0.25, 0.3) is 0 Å². The zero-order valence-electron chi connectivity index (χ0n) is 7.51. The molecule has 0 aromatic carbocycles. The molecule has 0 fully saturated rings. The van der Waals surface area contributed by atoms with Crippen LogP contribution in [0.15, 0.2) is 0 Å². The predicted molar refractivity (Wildman–Crippen MR) is 62.4 cm³/mol. The van der Waals surface area contributed by atoms with Gasteiger partial charge in [-0.05, 0) is 47.4 Å². The Morgan fingerprint density at radius 2 is 2.54 bits per heavy atom. The predicted octanol–water partition coefficient (Wildman–Crippen LogP) is 2.60. The quantitative estimate of drug-likeness (QED) is 0.634. The maximum Gasteiger partial charge on any atom is 0.0958 e. The fourth-order valence-electron chi connectivity index (χ4n) is 1.77. The van der Waals surface area contributed by atoms with E-state index < -0.39 is 0 Å². The molecular weight excluding hydrogens is 298 g/mol. The van der Waals surface area contributed by atoms with Gasteiger partial charge < -0.3 is 4.52 Å². The van der Waals surface area contributed by atoms with Gasteiger partial charge in [-0.25, -0.2) is 0 Å². The zero-order chi connectivity index (χ0) is 9.26. The fraction of sp³-hybridized carbons (Fsp3) is 0.625. The van der Waals surface area contributed by atoms with Crippen molar-refractivity contribution in [3.8, 4) is 0 Å². The van der Waals surface area contributed by atoms with E-state index in [9.17, 15) is 0 Å². The molecule has 0 saturated heterocycles. The molecule has 1 unspecified atom stereocenters. The van der Waals surface area contributed by atoms with E-state index >= 15 is 0 Å². The minimum atomic E-state index is 0.525. The van der Waals surface area contributed by atoms with Crippen molar-refractivity contribution in [2.24, 2.45) is 0 Å². The second-order valence-electron chi connectivity index (χ2n) is 3.21. The normalized spacial score (nSPS) is 15.8. The van der Waals surface area contributed by atoms with Crippen LogP contribution in [0.4, 0.5) is 0 Å². The molecular formula is C8H12IN2OP. The highest BCUT2D eigenvalue weighted by molar-refractivity contribution is 14.2. The SMILES string of the molecule is Cc1c(COPI)nn2c1CCC2. The third-order valence-electron chi connectivity index (χ3n) is 2.47.